The van der Waals surface area contributed by atoms with Gasteiger partial charge in [0.1, 0.15) is 18.2 Å². The van der Waals surface area contributed by atoms with E-state index in [-0.39, 0.29) is 11.8 Å². The zero-order valence-corrected chi connectivity index (χ0v) is 18.7. The van der Waals surface area contributed by atoms with E-state index < -0.39 is 9.84 Å². The average molecular weight is 445 g/mol. The molecule has 2 aromatic carbocycles. The fourth-order valence-electron chi connectivity index (χ4n) is 2.79. The number of rotatable bonds is 8. The minimum absolute atomic E-state index is 0.206. The molecule has 30 heavy (non-hydrogen) atoms. The van der Waals surface area contributed by atoms with E-state index in [2.05, 4.69) is 16.7 Å². The summed E-state index contributed by atoms with van der Waals surface area (Å²) in [6.07, 6.45) is 1.16. The van der Waals surface area contributed by atoms with Crippen LogP contribution in [0.3, 0.4) is 0 Å². The van der Waals surface area contributed by atoms with Crippen LogP contribution in [0.15, 0.2) is 53.9 Å². The summed E-state index contributed by atoms with van der Waals surface area (Å²) >= 11 is 1.36. The molecule has 0 saturated heterocycles. The number of hydrogen-bond acceptors (Lipinski definition) is 6. The topological polar surface area (TPSA) is 84.5 Å². The van der Waals surface area contributed by atoms with Crippen LogP contribution < -0.4 is 15.4 Å². The summed E-state index contributed by atoms with van der Waals surface area (Å²) < 4.78 is 29.2. The van der Waals surface area contributed by atoms with E-state index in [9.17, 15) is 13.2 Å². The summed E-state index contributed by atoms with van der Waals surface area (Å²) in [5.41, 5.74) is 4.38. The van der Waals surface area contributed by atoms with Crippen LogP contribution in [0.5, 0.6) is 5.75 Å². The van der Waals surface area contributed by atoms with E-state index in [4.69, 9.17) is 4.74 Å². The zero-order valence-electron chi connectivity index (χ0n) is 17.1. The summed E-state index contributed by atoms with van der Waals surface area (Å²) in [4.78, 5) is 13.0. The number of anilines is 2. The van der Waals surface area contributed by atoms with Gasteiger partial charge in [0.25, 0.3) is 5.91 Å². The number of amides is 1. The molecule has 0 radical (unpaired) electrons. The molecule has 3 aromatic rings. The number of ether oxygens (including phenoxy) is 1. The Balaban J connectivity index is 1.83. The molecule has 0 aliphatic heterocycles. The lowest BCUT2D eigenvalue weighted by Crippen LogP contribution is -2.14. The second-order valence-electron chi connectivity index (χ2n) is 7.11. The lowest BCUT2D eigenvalue weighted by molar-refractivity contribution is 0.103. The molecule has 1 amide bonds. The number of thiophene rings is 1. The van der Waals surface area contributed by atoms with Crippen molar-refractivity contribution in [2.24, 2.45) is 0 Å². The Labute approximate surface area is 180 Å². The van der Waals surface area contributed by atoms with E-state index in [1.165, 1.54) is 11.3 Å². The summed E-state index contributed by atoms with van der Waals surface area (Å²) in [7, 11) is -3.21. The van der Waals surface area contributed by atoms with Gasteiger partial charge < -0.3 is 15.4 Å². The van der Waals surface area contributed by atoms with Gasteiger partial charge in [-0.3, -0.25) is 4.79 Å². The van der Waals surface area contributed by atoms with Gasteiger partial charge in [-0.25, -0.2) is 8.42 Å². The van der Waals surface area contributed by atoms with Gasteiger partial charge in [-0.15, -0.1) is 11.3 Å². The summed E-state index contributed by atoms with van der Waals surface area (Å²) in [6.45, 7) is 4.35. The molecule has 0 atom stereocenters. The zero-order chi connectivity index (χ0) is 21.7. The van der Waals surface area contributed by atoms with Crippen LogP contribution in [0.4, 0.5) is 11.4 Å². The molecule has 0 unspecified atom stereocenters. The highest BCUT2D eigenvalue weighted by Crippen LogP contribution is 2.30. The monoisotopic (exact) mass is 444 g/mol. The van der Waals surface area contributed by atoms with Gasteiger partial charge in [-0.05, 0) is 48.6 Å². The molecule has 0 spiro atoms. The van der Waals surface area contributed by atoms with E-state index in [0.29, 0.717) is 28.6 Å². The van der Waals surface area contributed by atoms with Gasteiger partial charge in [0, 0.05) is 18.0 Å². The molecule has 0 aliphatic rings. The molecule has 158 valence electrons. The van der Waals surface area contributed by atoms with Crippen molar-refractivity contribution in [3.8, 4) is 5.75 Å². The number of aryl methyl sites for hydroxylation is 2. The molecule has 1 aromatic heterocycles. The molecule has 8 heteroatoms. The van der Waals surface area contributed by atoms with E-state index in [1.807, 2.05) is 37.4 Å². The van der Waals surface area contributed by atoms with E-state index >= 15 is 0 Å². The Morgan fingerprint density at radius 2 is 1.90 bits per heavy atom. The van der Waals surface area contributed by atoms with Crippen molar-refractivity contribution < 1.29 is 17.9 Å². The molecular weight excluding hydrogens is 420 g/mol. The lowest BCUT2D eigenvalue weighted by Gasteiger charge is -2.16. The number of carbonyl (C=O) groups is 1. The number of benzene rings is 2. The SMILES string of the molecule is Cc1ccc(C)c(COc2cc(NC(=O)c3cccs3)ccc2NCS(C)(=O)=O)c1. The molecule has 0 aliphatic carbocycles. The van der Waals surface area contributed by atoms with Crippen molar-refractivity contribution in [1.29, 1.82) is 0 Å². The highest BCUT2D eigenvalue weighted by atomic mass is 32.2. The van der Waals surface area contributed by atoms with Crippen molar-refractivity contribution in [2.45, 2.75) is 20.5 Å². The van der Waals surface area contributed by atoms with Gasteiger partial charge in [0.15, 0.2) is 9.84 Å². The van der Waals surface area contributed by atoms with Gasteiger partial charge >= 0.3 is 0 Å². The first-order chi connectivity index (χ1) is 14.2. The number of sulfone groups is 1. The van der Waals surface area contributed by atoms with E-state index in [1.54, 1.807) is 24.3 Å². The molecule has 0 bridgehead atoms. The molecule has 6 nitrogen and oxygen atoms in total. The molecule has 0 fully saturated rings. The third kappa shape index (κ3) is 6.08. The quantitative estimate of drug-likeness (QED) is 0.530. The highest BCUT2D eigenvalue weighted by Gasteiger charge is 2.12. The largest absolute Gasteiger partial charge is 0.487 e. The van der Waals surface area contributed by atoms with Crippen molar-refractivity contribution in [1.82, 2.24) is 0 Å². The van der Waals surface area contributed by atoms with Crippen LogP contribution >= 0.6 is 11.3 Å². The van der Waals surface area contributed by atoms with Crippen molar-refractivity contribution >= 4 is 38.5 Å². The minimum atomic E-state index is -3.21. The molecule has 1 heterocycles. The van der Waals surface area contributed by atoms with Crippen LogP contribution in [0.1, 0.15) is 26.4 Å². The highest BCUT2D eigenvalue weighted by molar-refractivity contribution is 7.90. The van der Waals surface area contributed by atoms with E-state index in [0.717, 1.165) is 22.9 Å². The normalized spacial score (nSPS) is 11.2. The minimum Gasteiger partial charge on any atom is -0.487 e. The standard InChI is InChI=1S/C22H24N2O4S2/c1-15-6-7-16(2)17(11-15)13-28-20-12-18(24-22(25)21-5-4-10-29-21)8-9-19(20)23-14-30(3,26)27/h4-12,23H,13-14H2,1-3H3,(H,24,25). The third-order valence-electron chi connectivity index (χ3n) is 4.40. The Morgan fingerprint density at radius 3 is 2.60 bits per heavy atom. The summed E-state index contributed by atoms with van der Waals surface area (Å²) in [5, 5.41) is 7.59. The molecular formula is C22H24N2O4S2. The maximum Gasteiger partial charge on any atom is 0.265 e. The maximum atomic E-state index is 12.4. The number of carbonyl (C=O) groups excluding carboxylic acids is 1. The van der Waals surface area contributed by atoms with Crippen LogP contribution in [0.25, 0.3) is 0 Å². The fourth-order valence-corrected chi connectivity index (χ4v) is 3.82. The number of nitrogens with one attached hydrogen (secondary N) is 2. The van der Waals surface area contributed by atoms with Crippen molar-refractivity contribution in [3.63, 3.8) is 0 Å². The average Bonchev–Trinajstić information content (AvgIpc) is 3.22. The smallest absolute Gasteiger partial charge is 0.265 e. The third-order valence-corrected chi connectivity index (χ3v) is 5.93. The second-order valence-corrected chi connectivity index (χ2v) is 10.2. The first-order valence-corrected chi connectivity index (χ1v) is 12.2. The molecule has 3 rings (SSSR count). The number of hydrogen-bond donors (Lipinski definition) is 2. The Morgan fingerprint density at radius 1 is 1.10 bits per heavy atom. The van der Waals surface area contributed by atoms with Crippen LogP contribution in [0.2, 0.25) is 0 Å². The first-order valence-electron chi connectivity index (χ1n) is 9.31. The van der Waals surface area contributed by atoms with Gasteiger partial charge in [-0.2, -0.15) is 0 Å². The second kappa shape index (κ2) is 9.32. The lowest BCUT2D eigenvalue weighted by atomic mass is 10.1. The van der Waals surface area contributed by atoms with Gasteiger partial charge in [0.05, 0.1) is 10.6 Å². The first kappa shape index (κ1) is 21.9. The van der Waals surface area contributed by atoms with Crippen molar-refractivity contribution in [2.75, 3.05) is 22.8 Å². The summed E-state index contributed by atoms with van der Waals surface area (Å²) in [6, 6.07) is 14.8. The Kier molecular flexibility index (Phi) is 6.79. The predicted octanol–water partition coefficient (Wildman–Crippen LogP) is 4.61. The maximum absolute atomic E-state index is 12.4. The fraction of sp³-hybridized carbons (Fsp3) is 0.227. The van der Waals surface area contributed by atoms with Gasteiger partial charge in [-0.1, -0.05) is 29.8 Å². The molecule has 0 saturated carbocycles. The van der Waals surface area contributed by atoms with Crippen LogP contribution in [-0.4, -0.2) is 26.5 Å². The Bertz CT molecular complexity index is 1140. The van der Waals surface area contributed by atoms with Gasteiger partial charge in [0.2, 0.25) is 0 Å². The molecule has 2 N–H and O–H groups in total. The van der Waals surface area contributed by atoms with Crippen molar-refractivity contribution in [3.05, 3.63) is 75.5 Å². The predicted molar refractivity (Wildman–Crippen MR) is 122 cm³/mol. The van der Waals surface area contributed by atoms with Crippen LogP contribution in [-0.2, 0) is 16.4 Å². The summed E-state index contributed by atoms with van der Waals surface area (Å²) in [5.74, 6) is 0.0409. The van der Waals surface area contributed by atoms with Crippen LogP contribution in [0, 0.1) is 13.8 Å². The Hall–Kier alpha value is -2.84.